The Morgan fingerprint density at radius 2 is 1.96 bits per heavy atom. The van der Waals surface area contributed by atoms with Crippen molar-refractivity contribution in [3.8, 4) is 0 Å². The number of imide groups is 1. The van der Waals surface area contributed by atoms with Crippen molar-refractivity contribution in [2.75, 3.05) is 13.1 Å². The molecule has 1 aromatic rings. The number of amides is 4. The summed E-state index contributed by atoms with van der Waals surface area (Å²) in [5, 5.41) is 2.73. The molecular formula is C18H23N3O3. The molecule has 1 aromatic carbocycles. The molecule has 2 aliphatic heterocycles. The van der Waals surface area contributed by atoms with Crippen molar-refractivity contribution in [1.29, 1.82) is 0 Å². The second-order valence-corrected chi connectivity index (χ2v) is 6.74. The number of piperidine rings is 1. The molecule has 0 aromatic heterocycles. The quantitative estimate of drug-likeness (QED) is 0.861. The van der Waals surface area contributed by atoms with Gasteiger partial charge in [-0.1, -0.05) is 30.3 Å². The number of hydrogen-bond donors (Lipinski definition) is 1. The van der Waals surface area contributed by atoms with Gasteiger partial charge in [0, 0.05) is 12.6 Å². The molecule has 4 amide bonds. The van der Waals surface area contributed by atoms with Gasteiger partial charge in [0.05, 0.1) is 0 Å². The number of carbonyl (C=O) groups excluding carboxylic acids is 3. The molecule has 0 saturated carbocycles. The van der Waals surface area contributed by atoms with E-state index in [4.69, 9.17) is 0 Å². The minimum atomic E-state index is -1.12. The van der Waals surface area contributed by atoms with Crippen molar-refractivity contribution >= 4 is 17.8 Å². The molecule has 0 unspecified atom stereocenters. The molecule has 2 aliphatic rings. The highest BCUT2D eigenvalue weighted by atomic mass is 16.2. The molecule has 0 bridgehead atoms. The third kappa shape index (κ3) is 2.77. The summed E-state index contributed by atoms with van der Waals surface area (Å²) in [6.45, 7) is 4.19. The van der Waals surface area contributed by atoms with Crippen molar-refractivity contribution in [2.45, 2.75) is 44.7 Å². The van der Waals surface area contributed by atoms with Gasteiger partial charge in [-0.3, -0.25) is 14.5 Å². The fraction of sp³-hybridized carbons (Fsp3) is 0.500. The molecule has 1 N–H and O–H groups in total. The minimum absolute atomic E-state index is 0.160. The lowest BCUT2D eigenvalue weighted by Gasteiger charge is -2.34. The summed E-state index contributed by atoms with van der Waals surface area (Å²) in [6.07, 6.45) is 3.05. The van der Waals surface area contributed by atoms with E-state index in [1.807, 2.05) is 25.1 Å². The summed E-state index contributed by atoms with van der Waals surface area (Å²) in [6, 6.07) is 8.75. The van der Waals surface area contributed by atoms with Crippen LogP contribution in [-0.2, 0) is 15.1 Å². The molecule has 2 heterocycles. The van der Waals surface area contributed by atoms with Gasteiger partial charge in [-0.05, 0) is 38.7 Å². The minimum Gasteiger partial charge on any atom is -0.338 e. The lowest BCUT2D eigenvalue weighted by Crippen LogP contribution is -2.48. The molecule has 0 aliphatic carbocycles. The Bertz CT molecular complexity index is 661. The predicted molar refractivity (Wildman–Crippen MR) is 89.1 cm³/mol. The molecule has 128 valence electrons. The Morgan fingerprint density at radius 3 is 2.62 bits per heavy atom. The average Bonchev–Trinajstić information content (AvgIpc) is 2.80. The van der Waals surface area contributed by atoms with Crippen molar-refractivity contribution in [2.24, 2.45) is 0 Å². The second-order valence-electron chi connectivity index (χ2n) is 6.74. The smallest absolute Gasteiger partial charge is 0.325 e. The Hall–Kier alpha value is -2.37. The predicted octanol–water partition coefficient (Wildman–Crippen LogP) is 1.85. The number of benzene rings is 1. The number of hydrogen-bond acceptors (Lipinski definition) is 3. The van der Waals surface area contributed by atoms with Crippen LogP contribution >= 0.6 is 0 Å². The summed E-state index contributed by atoms with van der Waals surface area (Å²) in [7, 11) is 0. The molecule has 0 spiro atoms. The number of rotatable bonds is 3. The number of likely N-dealkylation sites (tertiary alicyclic amines) is 1. The molecule has 3 rings (SSSR count). The Kier molecular flexibility index (Phi) is 4.30. The molecule has 0 radical (unpaired) electrons. The van der Waals surface area contributed by atoms with E-state index in [0.717, 1.165) is 24.2 Å². The number of nitrogens with one attached hydrogen (secondary N) is 1. The van der Waals surface area contributed by atoms with Gasteiger partial charge in [-0.25, -0.2) is 4.79 Å². The fourth-order valence-corrected chi connectivity index (χ4v) is 3.50. The largest absolute Gasteiger partial charge is 0.338 e. The van der Waals surface area contributed by atoms with Gasteiger partial charge in [0.2, 0.25) is 5.91 Å². The van der Waals surface area contributed by atoms with E-state index in [9.17, 15) is 14.4 Å². The van der Waals surface area contributed by atoms with E-state index in [2.05, 4.69) is 5.32 Å². The monoisotopic (exact) mass is 329 g/mol. The zero-order valence-corrected chi connectivity index (χ0v) is 14.1. The Balaban J connectivity index is 1.76. The zero-order chi connectivity index (χ0) is 17.3. The van der Waals surface area contributed by atoms with Crippen LogP contribution in [0, 0.1) is 0 Å². The van der Waals surface area contributed by atoms with Gasteiger partial charge >= 0.3 is 6.03 Å². The van der Waals surface area contributed by atoms with Gasteiger partial charge in [0.1, 0.15) is 12.1 Å². The summed E-state index contributed by atoms with van der Waals surface area (Å²) >= 11 is 0. The van der Waals surface area contributed by atoms with Gasteiger partial charge in [0.15, 0.2) is 0 Å². The van der Waals surface area contributed by atoms with Crippen LogP contribution in [0.4, 0.5) is 4.79 Å². The second kappa shape index (κ2) is 6.26. The third-order valence-corrected chi connectivity index (χ3v) is 5.04. The normalized spacial score (nSPS) is 27.3. The summed E-state index contributed by atoms with van der Waals surface area (Å²) in [4.78, 5) is 40.5. The van der Waals surface area contributed by atoms with E-state index in [1.54, 1.807) is 24.0 Å². The van der Waals surface area contributed by atoms with Gasteiger partial charge in [0.25, 0.3) is 5.91 Å². The number of nitrogens with zero attached hydrogens (tertiary/aromatic N) is 2. The van der Waals surface area contributed by atoms with Crippen LogP contribution in [0.5, 0.6) is 0 Å². The first-order valence-electron chi connectivity index (χ1n) is 8.42. The van der Waals surface area contributed by atoms with Crippen LogP contribution in [0.3, 0.4) is 0 Å². The molecule has 24 heavy (non-hydrogen) atoms. The lowest BCUT2D eigenvalue weighted by molar-refractivity contribution is -0.140. The highest BCUT2D eigenvalue weighted by Gasteiger charge is 2.49. The van der Waals surface area contributed by atoms with Gasteiger partial charge in [-0.15, -0.1) is 0 Å². The van der Waals surface area contributed by atoms with E-state index in [-0.39, 0.29) is 24.4 Å². The van der Waals surface area contributed by atoms with Crippen LogP contribution in [0.25, 0.3) is 0 Å². The van der Waals surface area contributed by atoms with Crippen molar-refractivity contribution in [3.05, 3.63) is 35.9 Å². The van der Waals surface area contributed by atoms with Crippen LogP contribution in [0.15, 0.2) is 30.3 Å². The SMILES string of the molecule is C[C@H]1CCCCN1C(=O)CN1C(=O)N[C@@](C)(c2ccccc2)C1=O. The maximum atomic E-state index is 12.8. The molecule has 6 heteroatoms. The highest BCUT2D eigenvalue weighted by Crippen LogP contribution is 2.28. The number of carbonyl (C=O) groups is 3. The van der Waals surface area contributed by atoms with E-state index < -0.39 is 11.6 Å². The van der Waals surface area contributed by atoms with E-state index in [0.29, 0.717) is 12.1 Å². The summed E-state index contributed by atoms with van der Waals surface area (Å²) in [5.41, 5.74) is -0.406. The molecule has 2 atom stereocenters. The molecule has 2 fully saturated rings. The third-order valence-electron chi connectivity index (χ3n) is 5.04. The molecule has 2 saturated heterocycles. The van der Waals surface area contributed by atoms with Crippen molar-refractivity contribution in [3.63, 3.8) is 0 Å². The van der Waals surface area contributed by atoms with Crippen LogP contribution in [-0.4, -0.2) is 46.8 Å². The Morgan fingerprint density at radius 1 is 1.25 bits per heavy atom. The zero-order valence-electron chi connectivity index (χ0n) is 14.1. The topological polar surface area (TPSA) is 69.7 Å². The number of urea groups is 1. The van der Waals surface area contributed by atoms with Gasteiger partial charge in [-0.2, -0.15) is 0 Å². The fourth-order valence-electron chi connectivity index (χ4n) is 3.50. The molecular weight excluding hydrogens is 306 g/mol. The first kappa shape index (κ1) is 16.5. The van der Waals surface area contributed by atoms with Crippen molar-refractivity contribution in [1.82, 2.24) is 15.1 Å². The van der Waals surface area contributed by atoms with Crippen LogP contribution in [0.2, 0.25) is 0 Å². The standard InChI is InChI=1S/C18H23N3O3/c1-13-8-6-7-11-20(13)15(22)12-21-16(23)18(2,19-17(21)24)14-9-4-3-5-10-14/h3-5,9-10,13H,6-8,11-12H2,1-2H3,(H,19,24)/t13-,18-/m0/s1. The first-order chi connectivity index (χ1) is 11.4. The average molecular weight is 329 g/mol. The lowest BCUT2D eigenvalue weighted by atomic mass is 9.92. The maximum Gasteiger partial charge on any atom is 0.325 e. The molecule has 6 nitrogen and oxygen atoms in total. The van der Waals surface area contributed by atoms with E-state index in [1.165, 1.54) is 0 Å². The van der Waals surface area contributed by atoms with E-state index >= 15 is 0 Å². The van der Waals surface area contributed by atoms with Crippen LogP contribution in [0.1, 0.15) is 38.7 Å². The van der Waals surface area contributed by atoms with Crippen molar-refractivity contribution < 1.29 is 14.4 Å². The Labute approximate surface area is 141 Å². The van der Waals surface area contributed by atoms with Gasteiger partial charge < -0.3 is 10.2 Å². The highest BCUT2D eigenvalue weighted by molar-refractivity contribution is 6.09. The summed E-state index contributed by atoms with van der Waals surface area (Å²) in [5.74, 6) is -0.542. The summed E-state index contributed by atoms with van der Waals surface area (Å²) < 4.78 is 0. The first-order valence-corrected chi connectivity index (χ1v) is 8.42. The maximum absolute atomic E-state index is 12.8. The van der Waals surface area contributed by atoms with Crippen LogP contribution < -0.4 is 5.32 Å².